The first kappa shape index (κ1) is 68.8. The number of carbonyl (C=O) groups excluding carboxylic acids is 3. The first-order chi connectivity index (χ1) is 35.5. The smallest absolute Gasteiger partial charge is 0.306 e. The van der Waals surface area contributed by atoms with Crippen LogP contribution in [0.4, 0.5) is 0 Å². The van der Waals surface area contributed by atoms with Gasteiger partial charge in [-0.2, -0.15) is 0 Å². The average molecular weight is 1010 g/mol. The van der Waals surface area contributed by atoms with Crippen LogP contribution in [0.1, 0.15) is 310 Å². The zero-order valence-corrected chi connectivity index (χ0v) is 47.7. The number of rotatable bonds is 56. The third-order valence-corrected chi connectivity index (χ3v) is 13.4. The molecule has 0 spiro atoms. The molecule has 0 amide bonds. The van der Waals surface area contributed by atoms with Gasteiger partial charge in [0.25, 0.3) is 0 Å². The summed E-state index contributed by atoms with van der Waals surface area (Å²) < 4.78 is 16.9. The molecule has 1 unspecified atom stereocenters. The van der Waals surface area contributed by atoms with Crippen LogP contribution in [-0.2, 0) is 28.6 Å². The van der Waals surface area contributed by atoms with E-state index in [0.717, 1.165) is 109 Å². The van der Waals surface area contributed by atoms with Gasteiger partial charge in [-0.05, 0) is 116 Å². The Hall–Kier alpha value is -3.15. The monoisotopic (exact) mass is 1000 g/mol. The summed E-state index contributed by atoms with van der Waals surface area (Å²) in [4.78, 5) is 38.2. The van der Waals surface area contributed by atoms with Crippen molar-refractivity contribution in [3.63, 3.8) is 0 Å². The van der Waals surface area contributed by atoms with Crippen LogP contribution in [0.3, 0.4) is 0 Å². The summed E-state index contributed by atoms with van der Waals surface area (Å²) in [6, 6.07) is 0. The summed E-state index contributed by atoms with van der Waals surface area (Å²) in [6.07, 6.45) is 77.5. The van der Waals surface area contributed by atoms with Crippen molar-refractivity contribution in [2.24, 2.45) is 0 Å². The standard InChI is InChI=1S/C66H116O6/c1-4-7-10-13-16-19-22-25-28-30-31-32-33-34-35-36-39-41-44-47-50-53-56-59-65(68)71-62-63(61-70-64(67)58-55-52-49-46-43-40-37-27-24-21-18-15-12-9-6-3)72-66(69)60-57-54-51-48-45-42-38-29-26-23-20-17-14-11-8-5-2/h18,21-22,25,27,29-31,33-34,37-38,63H,4-17,19-20,23-24,26,28,32,35-36,39-62H2,1-3H3/b21-18-,25-22-,31-30-,34-33-,37-27-,38-29-. The van der Waals surface area contributed by atoms with E-state index in [9.17, 15) is 14.4 Å². The maximum absolute atomic E-state index is 12.9. The molecule has 0 aliphatic carbocycles. The number of allylic oxidation sites excluding steroid dienone is 12. The second kappa shape index (κ2) is 60.4. The highest BCUT2D eigenvalue weighted by Crippen LogP contribution is 2.15. The lowest BCUT2D eigenvalue weighted by Crippen LogP contribution is -2.30. The molecule has 416 valence electrons. The van der Waals surface area contributed by atoms with Crippen molar-refractivity contribution in [3.8, 4) is 0 Å². The molecular weight excluding hydrogens is 889 g/mol. The van der Waals surface area contributed by atoms with Gasteiger partial charge < -0.3 is 14.2 Å². The van der Waals surface area contributed by atoms with Crippen molar-refractivity contribution in [2.75, 3.05) is 13.2 Å². The largest absolute Gasteiger partial charge is 0.462 e. The van der Waals surface area contributed by atoms with Crippen LogP contribution in [-0.4, -0.2) is 37.2 Å². The Kier molecular flexibility index (Phi) is 57.8. The van der Waals surface area contributed by atoms with Crippen LogP contribution in [0.5, 0.6) is 0 Å². The number of ether oxygens (including phenoxy) is 3. The Morgan fingerprint density at radius 3 is 0.819 bits per heavy atom. The van der Waals surface area contributed by atoms with Gasteiger partial charge in [0.2, 0.25) is 0 Å². The van der Waals surface area contributed by atoms with E-state index in [-0.39, 0.29) is 31.1 Å². The molecule has 0 aliphatic heterocycles. The van der Waals surface area contributed by atoms with E-state index in [0.29, 0.717) is 19.3 Å². The van der Waals surface area contributed by atoms with Crippen LogP contribution in [0, 0.1) is 0 Å². The summed E-state index contributed by atoms with van der Waals surface area (Å²) in [6.45, 7) is 6.60. The number of carbonyl (C=O) groups is 3. The molecule has 0 aromatic rings. The molecule has 0 aliphatic rings. The summed E-state index contributed by atoms with van der Waals surface area (Å²) in [5.41, 5.74) is 0. The molecule has 0 bridgehead atoms. The van der Waals surface area contributed by atoms with Gasteiger partial charge >= 0.3 is 17.9 Å². The molecule has 1 atom stereocenters. The Balaban J connectivity index is 4.38. The minimum Gasteiger partial charge on any atom is -0.462 e. The molecular formula is C66H116O6. The highest BCUT2D eigenvalue weighted by Gasteiger charge is 2.19. The Labute approximate surface area is 446 Å². The van der Waals surface area contributed by atoms with E-state index in [1.807, 2.05) is 0 Å². The molecule has 0 rings (SSSR count). The zero-order valence-electron chi connectivity index (χ0n) is 47.7. The van der Waals surface area contributed by atoms with Crippen molar-refractivity contribution in [3.05, 3.63) is 72.9 Å². The lowest BCUT2D eigenvalue weighted by Gasteiger charge is -2.18. The summed E-state index contributed by atoms with van der Waals surface area (Å²) in [7, 11) is 0. The Bertz CT molecular complexity index is 1340. The van der Waals surface area contributed by atoms with Gasteiger partial charge in [0.15, 0.2) is 6.10 Å². The van der Waals surface area contributed by atoms with Gasteiger partial charge in [0.05, 0.1) is 0 Å². The minimum absolute atomic E-state index is 0.0864. The van der Waals surface area contributed by atoms with Gasteiger partial charge in [-0.3, -0.25) is 14.4 Å². The quantitative estimate of drug-likeness (QED) is 0.0261. The van der Waals surface area contributed by atoms with E-state index >= 15 is 0 Å². The Morgan fingerprint density at radius 1 is 0.278 bits per heavy atom. The third-order valence-electron chi connectivity index (χ3n) is 13.4. The molecule has 0 radical (unpaired) electrons. The fourth-order valence-corrected chi connectivity index (χ4v) is 8.71. The van der Waals surface area contributed by atoms with E-state index in [1.54, 1.807) is 0 Å². The highest BCUT2D eigenvalue weighted by atomic mass is 16.6. The van der Waals surface area contributed by atoms with Crippen LogP contribution in [0.15, 0.2) is 72.9 Å². The lowest BCUT2D eigenvalue weighted by molar-refractivity contribution is -0.167. The molecule has 0 N–H and O–H groups in total. The molecule has 0 fully saturated rings. The normalized spacial score (nSPS) is 12.5. The second-order valence-electron chi connectivity index (χ2n) is 20.6. The average Bonchev–Trinajstić information content (AvgIpc) is 3.38. The van der Waals surface area contributed by atoms with Crippen molar-refractivity contribution >= 4 is 17.9 Å². The van der Waals surface area contributed by atoms with Gasteiger partial charge in [0, 0.05) is 19.3 Å². The summed E-state index contributed by atoms with van der Waals surface area (Å²) in [5.74, 6) is -0.904. The topological polar surface area (TPSA) is 78.9 Å². The molecule has 0 heterocycles. The van der Waals surface area contributed by atoms with E-state index in [1.165, 1.54) is 161 Å². The van der Waals surface area contributed by atoms with Crippen LogP contribution in [0.2, 0.25) is 0 Å². The van der Waals surface area contributed by atoms with Gasteiger partial charge in [-0.15, -0.1) is 0 Å². The predicted octanol–water partition coefficient (Wildman–Crippen LogP) is 20.9. The third kappa shape index (κ3) is 57.7. The zero-order chi connectivity index (χ0) is 52.2. The van der Waals surface area contributed by atoms with Gasteiger partial charge in [0.1, 0.15) is 13.2 Å². The molecule has 0 aromatic heterocycles. The molecule has 0 saturated heterocycles. The summed E-state index contributed by atoms with van der Waals surface area (Å²) in [5, 5.41) is 0. The van der Waals surface area contributed by atoms with E-state index < -0.39 is 6.10 Å². The van der Waals surface area contributed by atoms with Crippen LogP contribution >= 0.6 is 0 Å². The maximum Gasteiger partial charge on any atom is 0.306 e. The lowest BCUT2D eigenvalue weighted by atomic mass is 10.1. The molecule has 6 nitrogen and oxygen atoms in total. The van der Waals surface area contributed by atoms with E-state index in [2.05, 4.69) is 93.7 Å². The summed E-state index contributed by atoms with van der Waals surface area (Å²) >= 11 is 0. The highest BCUT2D eigenvalue weighted by molar-refractivity contribution is 5.71. The first-order valence-corrected chi connectivity index (χ1v) is 30.9. The van der Waals surface area contributed by atoms with Gasteiger partial charge in [-0.25, -0.2) is 0 Å². The molecule has 72 heavy (non-hydrogen) atoms. The number of esters is 3. The fourth-order valence-electron chi connectivity index (χ4n) is 8.71. The predicted molar refractivity (Wildman–Crippen MR) is 311 cm³/mol. The number of unbranched alkanes of at least 4 members (excludes halogenated alkanes) is 33. The van der Waals surface area contributed by atoms with E-state index in [4.69, 9.17) is 14.2 Å². The molecule has 0 saturated carbocycles. The second-order valence-corrected chi connectivity index (χ2v) is 20.6. The van der Waals surface area contributed by atoms with Crippen molar-refractivity contribution in [2.45, 2.75) is 316 Å². The van der Waals surface area contributed by atoms with Crippen molar-refractivity contribution in [1.29, 1.82) is 0 Å². The maximum atomic E-state index is 12.9. The Morgan fingerprint density at radius 2 is 0.500 bits per heavy atom. The van der Waals surface area contributed by atoms with Crippen LogP contribution < -0.4 is 0 Å². The SMILES string of the molecule is CCCCC/C=C\C/C=C\CCCCCCCC(=O)OCC(COC(=O)CCCCCCCCCC/C=C\C/C=C\C/C=C\CCCCCCC)OC(=O)CCCCCCC/C=C\CCCCCCCCC. The number of hydrogen-bond donors (Lipinski definition) is 0. The van der Waals surface area contributed by atoms with Crippen molar-refractivity contribution in [1.82, 2.24) is 0 Å². The first-order valence-electron chi connectivity index (χ1n) is 30.9. The van der Waals surface area contributed by atoms with Gasteiger partial charge in [-0.1, -0.05) is 248 Å². The number of hydrogen-bond acceptors (Lipinski definition) is 6. The minimum atomic E-state index is -0.790. The molecule has 0 aromatic carbocycles. The van der Waals surface area contributed by atoms with Crippen molar-refractivity contribution < 1.29 is 28.6 Å². The van der Waals surface area contributed by atoms with Crippen LogP contribution in [0.25, 0.3) is 0 Å². The molecule has 6 heteroatoms. The fraction of sp³-hybridized carbons (Fsp3) is 0.773.